The van der Waals surface area contributed by atoms with Crippen molar-refractivity contribution < 1.29 is 19.7 Å². The molecular weight excluding hydrogens is 220 g/mol. The number of phenolic OH excluding ortho intramolecular Hbond substituents is 1. The molecule has 0 saturated heterocycles. The molecule has 0 aromatic heterocycles. The van der Waals surface area contributed by atoms with E-state index in [-0.39, 0.29) is 0 Å². The van der Waals surface area contributed by atoms with E-state index >= 15 is 0 Å². The van der Waals surface area contributed by atoms with Gasteiger partial charge < -0.3 is 9.84 Å². The molecule has 8 nitrogen and oxygen atoms in total. The normalized spacial score (nSPS) is 8.88. The van der Waals surface area contributed by atoms with E-state index < -0.39 is 27.0 Å². The molecule has 0 amide bonds. The number of phenols is 1. The summed E-state index contributed by atoms with van der Waals surface area (Å²) in [7, 11) is 3.25. The zero-order valence-corrected chi connectivity index (χ0v) is 8.61. The van der Waals surface area contributed by atoms with Crippen molar-refractivity contribution in [3.63, 3.8) is 0 Å². The Morgan fingerprint density at radius 3 is 2.06 bits per heavy atom. The Hall–Kier alpha value is -2.22. The van der Waals surface area contributed by atoms with Gasteiger partial charge in [-0.3, -0.25) is 20.2 Å². The molecule has 1 aromatic carbocycles. The Labute approximate surface area is 90.4 Å². The third-order valence-corrected chi connectivity index (χ3v) is 1.37. The van der Waals surface area contributed by atoms with Crippen LogP contribution in [0.1, 0.15) is 0 Å². The van der Waals surface area contributed by atoms with Gasteiger partial charge in [0.1, 0.15) is 0 Å². The Kier molecular flexibility index (Phi) is 5.42. The SMILES string of the molecule is COC.O=[N+]([O-])c1ccc(O)c([N+](=O)[O-])c1. The van der Waals surface area contributed by atoms with Gasteiger partial charge >= 0.3 is 5.69 Å². The van der Waals surface area contributed by atoms with Crippen molar-refractivity contribution in [2.45, 2.75) is 0 Å². The van der Waals surface area contributed by atoms with Crippen molar-refractivity contribution in [2.75, 3.05) is 14.2 Å². The molecule has 0 heterocycles. The summed E-state index contributed by atoms with van der Waals surface area (Å²) in [5, 5.41) is 29.3. The van der Waals surface area contributed by atoms with Gasteiger partial charge in [-0.05, 0) is 6.07 Å². The lowest BCUT2D eigenvalue weighted by Crippen LogP contribution is -1.92. The molecular formula is C8H10N2O6. The van der Waals surface area contributed by atoms with Gasteiger partial charge in [-0.15, -0.1) is 0 Å². The summed E-state index contributed by atoms with van der Waals surface area (Å²) in [6.45, 7) is 0. The van der Waals surface area contributed by atoms with Crippen molar-refractivity contribution in [3.05, 3.63) is 38.4 Å². The lowest BCUT2D eigenvalue weighted by atomic mass is 10.2. The van der Waals surface area contributed by atoms with E-state index in [4.69, 9.17) is 5.11 Å². The van der Waals surface area contributed by atoms with Crippen LogP contribution in [0.5, 0.6) is 5.75 Å². The van der Waals surface area contributed by atoms with Crippen molar-refractivity contribution >= 4 is 11.4 Å². The van der Waals surface area contributed by atoms with E-state index in [2.05, 4.69) is 4.74 Å². The third-order valence-electron chi connectivity index (χ3n) is 1.37. The van der Waals surface area contributed by atoms with Crippen LogP contribution in [0.3, 0.4) is 0 Å². The largest absolute Gasteiger partial charge is 0.502 e. The molecule has 8 heteroatoms. The van der Waals surface area contributed by atoms with Gasteiger partial charge in [-0.25, -0.2) is 0 Å². The molecule has 0 fully saturated rings. The second-order valence-corrected chi connectivity index (χ2v) is 2.60. The second kappa shape index (κ2) is 6.30. The first kappa shape index (κ1) is 13.8. The maximum atomic E-state index is 10.2. The van der Waals surface area contributed by atoms with Crippen molar-refractivity contribution in [3.8, 4) is 5.75 Å². The van der Waals surface area contributed by atoms with Crippen molar-refractivity contribution in [1.29, 1.82) is 0 Å². The molecule has 0 radical (unpaired) electrons. The molecule has 1 rings (SSSR count). The fraction of sp³-hybridized carbons (Fsp3) is 0.250. The standard InChI is InChI=1S/C6H4N2O5.C2H6O/c9-6-2-1-4(7(10)11)3-5(6)8(12)13;1-3-2/h1-3,9H;1-2H3. The van der Waals surface area contributed by atoms with Crippen LogP contribution in [0.4, 0.5) is 11.4 Å². The molecule has 1 N–H and O–H groups in total. The summed E-state index contributed by atoms with van der Waals surface area (Å²) in [6.07, 6.45) is 0. The van der Waals surface area contributed by atoms with Crippen LogP contribution >= 0.6 is 0 Å². The molecule has 0 atom stereocenters. The van der Waals surface area contributed by atoms with Crippen LogP contribution in [0, 0.1) is 20.2 Å². The first-order valence-corrected chi connectivity index (χ1v) is 3.96. The number of nitro benzene ring substituents is 2. The average Bonchev–Trinajstić information content (AvgIpc) is 2.18. The maximum Gasteiger partial charge on any atom is 0.317 e. The van der Waals surface area contributed by atoms with Crippen molar-refractivity contribution in [1.82, 2.24) is 0 Å². The summed E-state index contributed by atoms with van der Waals surface area (Å²) >= 11 is 0. The zero-order chi connectivity index (χ0) is 12.7. The predicted molar refractivity (Wildman–Crippen MR) is 54.3 cm³/mol. The van der Waals surface area contributed by atoms with E-state index in [1.54, 1.807) is 14.2 Å². The van der Waals surface area contributed by atoms with Gasteiger partial charge in [0.2, 0.25) is 0 Å². The highest BCUT2D eigenvalue weighted by Gasteiger charge is 2.18. The van der Waals surface area contributed by atoms with E-state index in [1.807, 2.05) is 0 Å². The number of nitro groups is 2. The minimum atomic E-state index is -0.887. The summed E-state index contributed by atoms with van der Waals surface area (Å²) in [4.78, 5) is 18.7. The highest BCUT2D eigenvalue weighted by molar-refractivity contribution is 5.52. The first-order valence-electron chi connectivity index (χ1n) is 3.96. The Bertz CT molecular complexity index is 392. The molecule has 0 aliphatic rings. The number of rotatable bonds is 2. The highest BCUT2D eigenvalue weighted by Crippen LogP contribution is 2.29. The van der Waals surface area contributed by atoms with E-state index in [1.165, 1.54) is 0 Å². The second-order valence-electron chi connectivity index (χ2n) is 2.60. The summed E-state index contributed by atoms with van der Waals surface area (Å²) in [6, 6.07) is 2.61. The topological polar surface area (TPSA) is 116 Å². The van der Waals surface area contributed by atoms with E-state index in [0.29, 0.717) is 6.07 Å². The minimum Gasteiger partial charge on any atom is -0.502 e. The number of methoxy groups -OCH3 is 1. The van der Waals surface area contributed by atoms with E-state index in [9.17, 15) is 20.2 Å². The minimum absolute atomic E-state index is 0.426. The van der Waals surface area contributed by atoms with Crippen LogP contribution in [0.2, 0.25) is 0 Å². The van der Waals surface area contributed by atoms with Crippen LogP contribution in [0.15, 0.2) is 18.2 Å². The van der Waals surface area contributed by atoms with Gasteiger partial charge in [-0.2, -0.15) is 0 Å². The monoisotopic (exact) mass is 230 g/mol. The van der Waals surface area contributed by atoms with Crippen LogP contribution < -0.4 is 0 Å². The summed E-state index contributed by atoms with van der Waals surface area (Å²) in [5.41, 5.74) is -1.10. The number of benzene rings is 1. The van der Waals surface area contributed by atoms with Crippen LogP contribution in [-0.2, 0) is 4.74 Å². The quantitative estimate of drug-likeness (QED) is 0.607. The molecule has 88 valence electrons. The van der Waals surface area contributed by atoms with Gasteiger partial charge in [0, 0.05) is 20.3 Å². The number of aromatic hydroxyl groups is 1. The fourth-order valence-electron chi connectivity index (χ4n) is 0.772. The number of nitrogens with zero attached hydrogens (tertiary/aromatic N) is 2. The molecule has 1 aromatic rings. The predicted octanol–water partition coefficient (Wildman–Crippen LogP) is 1.47. The molecule has 0 bridgehead atoms. The first-order chi connectivity index (χ1) is 7.43. The maximum absolute atomic E-state index is 10.2. The summed E-state index contributed by atoms with van der Waals surface area (Å²) < 4.78 is 4.25. The summed E-state index contributed by atoms with van der Waals surface area (Å²) in [5.74, 6) is -0.587. The van der Waals surface area contributed by atoms with Crippen LogP contribution in [-0.4, -0.2) is 29.2 Å². The van der Waals surface area contributed by atoms with Gasteiger partial charge in [0.15, 0.2) is 5.75 Å². The number of hydrogen-bond donors (Lipinski definition) is 1. The Morgan fingerprint density at radius 2 is 1.69 bits per heavy atom. The highest BCUT2D eigenvalue weighted by atomic mass is 16.6. The smallest absolute Gasteiger partial charge is 0.317 e. The van der Waals surface area contributed by atoms with Gasteiger partial charge in [-0.1, -0.05) is 0 Å². The average molecular weight is 230 g/mol. The lowest BCUT2D eigenvalue weighted by Gasteiger charge is -1.94. The molecule has 0 spiro atoms. The molecule has 0 aliphatic carbocycles. The molecule has 0 aliphatic heterocycles. The van der Waals surface area contributed by atoms with Crippen molar-refractivity contribution in [2.24, 2.45) is 0 Å². The zero-order valence-electron chi connectivity index (χ0n) is 8.61. The van der Waals surface area contributed by atoms with E-state index in [0.717, 1.165) is 12.1 Å². The third kappa shape index (κ3) is 3.88. The van der Waals surface area contributed by atoms with Crippen LogP contribution in [0.25, 0.3) is 0 Å². The Balaban J connectivity index is 0.000000673. The molecule has 0 unspecified atom stereocenters. The van der Waals surface area contributed by atoms with Gasteiger partial charge in [0.25, 0.3) is 5.69 Å². The number of non-ortho nitro benzene ring substituents is 1. The lowest BCUT2D eigenvalue weighted by molar-refractivity contribution is -0.394. The Morgan fingerprint density at radius 1 is 1.19 bits per heavy atom. The van der Waals surface area contributed by atoms with Gasteiger partial charge in [0.05, 0.1) is 15.9 Å². The molecule has 16 heavy (non-hydrogen) atoms. The fourth-order valence-corrected chi connectivity index (χ4v) is 0.772. The number of ether oxygens (including phenoxy) is 1. The molecule has 0 saturated carbocycles. The number of hydrogen-bond acceptors (Lipinski definition) is 6.